The standard InChI is InChI=1S/C19H27ClN6O/c1-21-19(23-7-3-9-25-11-8-22-14-25)24-16-6-10-26(13-16)17-12-15(20)4-5-18(17)27-2/h4-5,8,11-12,14,16H,3,6-7,9-10,13H2,1-2H3,(H2,21,23,24). The number of nitrogens with zero attached hydrogens (tertiary/aromatic N) is 4. The first-order valence-corrected chi connectivity index (χ1v) is 9.59. The quantitative estimate of drug-likeness (QED) is 0.431. The number of halogens is 1. The molecule has 7 nitrogen and oxygen atoms in total. The van der Waals surface area contributed by atoms with Crippen LogP contribution in [0.2, 0.25) is 5.02 Å². The highest BCUT2D eigenvalue weighted by Crippen LogP contribution is 2.33. The largest absolute Gasteiger partial charge is 0.495 e. The van der Waals surface area contributed by atoms with Crippen molar-refractivity contribution < 1.29 is 4.74 Å². The van der Waals surface area contributed by atoms with Gasteiger partial charge < -0.3 is 24.8 Å². The van der Waals surface area contributed by atoms with Gasteiger partial charge in [-0.1, -0.05) is 11.6 Å². The van der Waals surface area contributed by atoms with Crippen LogP contribution >= 0.6 is 11.6 Å². The fraction of sp³-hybridized carbons (Fsp3) is 0.474. The van der Waals surface area contributed by atoms with Crippen LogP contribution in [0.5, 0.6) is 5.75 Å². The third-order valence-electron chi connectivity index (χ3n) is 4.68. The smallest absolute Gasteiger partial charge is 0.191 e. The Kier molecular flexibility index (Phi) is 6.81. The van der Waals surface area contributed by atoms with Crippen molar-refractivity contribution in [3.05, 3.63) is 41.9 Å². The topological polar surface area (TPSA) is 66.7 Å². The normalized spacial score (nSPS) is 17.2. The number of methoxy groups -OCH3 is 1. The Morgan fingerprint density at radius 1 is 1.44 bits per heavy atom. The van der Waals surface area contributed by atoms with Gasteiger partial charge in [-0.25, -0.2) is 4.98 Å². The van der Waals surface area contributed by atoms with E-state index in [4.69, 9.17) is 16.3 Å². The number of nitrogens with one attached hydrogen (secondary N) is 2. The average molecular weight is 391 g/mol. The first kappa shape index (κ1) is 19.4. The molecule has 1 aromatic carbocycles. The zero-order valence-electron chi connectivity index (χ0n) is 15.9. The minimum Gasteiger partial charge on any atom is -0.495 e. The highest BCUT2D eigenvalue weighted by atomic mass is 35.5. The van der Waals surface area contributed by atoms with Gasteiger partial charge in [-0.05, 0) is 31.0 Å². The van der Waals surface area contributed by atoms with Crippen molar-refractivity contribution in [1.82, 2.24) is 20.2 Å². The van der Waals surface area contributed by atoms with E-state index >= 15 is 0 Å². The van der Waals surface area contributed by atoms with Gasteiger partial charge in [0.05, 0.1) is 19.1 Å². The summed E-state index contributed by atoms with van der Waals surface area (Å²) in [6, 6.07) is 6.06. The van der Waals surface area contributed by atoms with Crippen molar-refractivity contribution >= 4 is 23.2 Å². The van der Waals surface area contributed by atoms with Gasteiger partial charge in [-0.3, -0.25) is 4.99 Å². The molecule has 1 aromatic heterocycles. The van der Waals surface area contributed by atoms with Crippen LogP contribution in [0.1, 0.15) is 12.8 Å². The summed E-state index contributed by atoms with van der Waals surface area (Å²) in [4.78, 5) is 10.7. The monoisotopic (exact) mass is 390 g/mol. The number of aliphatic imine (C=N–C) groups is 1. The Balaban J connectivity index is 1.47. The number of hydrogen-bond acceptors (Lipinski definition) is 4. The van der Waals surface area contributed by atoms with Crippen LogP contribution in [0.3, 0.4) is 0 Å². The van der Waals surface area contributed by atoms with Gasteiger partial charge in [0.25, 0.3) is 0 Å². The lowest BCUT2D eigenvalue weighted by atomic mass is 10.2. The molecular formula is C19H27ClN6O. The third kappa shape index (κ3) is 5.29. The predicted octanol–water partition coefficient (Wildman–Crippen LogP) is 2.38. The number of benzene rings is 1. The molecule has 1 aliphatic rings. The van der Waals surface area contributed by atoms with E-state index in [1.54, 1.807) is 20.4 Å². The van der Waals surface area contributed by atoms with Crippen molar-refractivity contribution in [2.24, 2.45) is 4.99 Å². The van der Waals surface area contributed by atoms with Gasteiger partial charge in [-0.2, -0.15) is 0 Å². The summed E-state index contributed by atoms with van der Waals surface area (Å²) in [5, 5.41) is 7.62. The maximum atomic E-state index is 6.17. The molecule has 3 rings (SSSR count). The maximum Gasteiger partial charge on any atom is 0.191 e. The number of ether oxygens (including phenoxy) is 1. The Morgan fingerprint density at radius 2 is 2.33 bits per heavy atom. The summed E-state index contributed by atoms with van der Waals surface area (Å²) in [6.45, 7) is 3.63. The highest BCUT2D eigenvalue weighted by molar-refractivity contribution is 6.30. The predicted molar refractivity (Wildman–Crippen MR) is 110 cm³/mol. The van der Waals surface area contributed by atoms with E-state index in [9.17, 15) is 0 Å². The number of rotatable bonds is 7. The second-order valence-corrected chi connectivity index (χ2v) is 6.98. The molecule has 0 aliphatic carbocycles. The fourth-order valence-corrected chi connectivity index (χ4v) is 3.45. The molecule has 1 aliphatic heterocycles. The number of anilines is 1. The van der Waals surface area contributed by atoms with Crippen molar-refractivity contribution in [3.8, 4) is 5.75 Å². The second-order valence-electron chi connectivity index (χ2n) is 6.55. The Morgan fingerprint density at radius 3 is 3.07 bits per heavy atom. The van der Waals surface area contributed by atoms with E-state index < -0.39 is 0 Å². The molecule has 2 N–H and O–H groups in total. The molecule has 0 amide bonds. The van der Waals surface area contributed by atoms with E-state index in [1.807, 2.05) is 30.7 Å². The lowest BCUT2D eigenvalue weighted by Gasteiger charge is -2.22. The molecule has 1 fully saturated rings. The van der Waals surface area contributed by atoms with E-state index in [0.717, 1.165) is 61.4 Å². The summed E-state index contributed by atoms with van der Waals surface area (Å²) in [6.07, 6.45) is 7.65. The number of aryl methyl sites for hydroxylation is 1. The van der Waals surface area contributed by atoms with Crippen LogP contribution < -0.4 is 20.3 Å². The number of hydrogen-bond donors (Lipinski definition) is 2. The first-order valence-electron chi connectivity index (χ1n) is 9.21. The van der Waals surface area contributed by atoms with E-state index in [2.05, 4.69) is 30.1 Å². The van der Waals surface area contributed by atoms with Gasteiger partial charge in [0.2, 0.25) is 0 Å². The maximum absolute atomic E-state index is 6.17. The minimum atomic E-state index is 0.327. The second kappa shape index (κ2) is 9.50. The van der Waals surface area contributed by atoms with Crippen LogP contribution in [0.4, 0.5) is 5.69 Å². The van der Waals surface area contributed by atoms with E-state index in [0.29, 0.717) is 6.04 Å². The van der Waals surface area contributed by atoms with E-state index in [1.165, 1.54) is 0 Å². The third-order valence-corrected chi connectivity index (χ3v) is 4.91. The SMILES string of the molecule is CN=C(NCCCn1ccnc1)NC1CCN(c2cc(Cl)ccc2OC)C1. The zero-order chi connectivity index (χ0) is 19.1. The van der Waals surface area contributed by atoms with Crippen LogP contribution in [0.25, 0.3) is 0 Å². The van der Waals surface area contributed by atoms with Crippen LogP contribution in [-0.4, -0.2) is 55.3 Å². The van der Waals surface area contributed by atoms with E-state index in [-0.39, 0.29) is 0 Å². The molecule has 146 valence electrons. The molecular weight excluding hydrogens is 364 g/mol. The lowest BCUT2D eigenvalue weighted by Crippen LogP contribution is -2.45. The van der Waals surface area contributed by atoms with Crippen molar-refractivity contribution in [3.63, 3.8) is 0 Å². The molecule has 27 heavy (non-hydrogen) atoms. The summed E-state index contributed by atoms with van der Waals surface area (Å²) < 4.78 is 7.56. The molecule has 0 radical (unpaired) electrons. The number of aromatic nitrogens is 2. The average Bonchev–Trinajstić information content (AvgIpc) is 3.36. The van der Waals surface area contributed by atoms with Crippen molar-refractivity contribution in [2.45, 2.75) is 25.4 Å². The van der Waals surface area contributed by atoms with Gasteiger partial charge in [0, 0.05) is 56.7 Å². The minimum absolute atomic E-state index is 0.327. The van der Waals surface area contributed by atoms with Gasteiger partial charge in [-0.15, -0.1) is 0 Å². The molecule has 0 spiro atoms. The lowest BCUT2D eigenvalue weighted by molar-refractivity contribution is 0.415. The first-order chi connectivity index (χ1) is 13.2. The molecule has 2 heterocycles. The summed E-state index contributed by atoms with van der Waals surface area (Å²) in [7, 11) is 3.49. The molecule has 1 atom stereocenters. The van der Waals surface area contributed by atoms with Crippen LogP contribution in [0, 0.1) is 0 Å². The molecule has 1 unspecified atom stereocenters. The Hall–Kier alpha value is -2.41. The molecule has 0 bridgehead atoms. The van der Waals surface area contributed by atoms with Crippen LogP contribution in [-0.2, 0) is 6.54 Å². The Labute approximate surface area is 165 Å². The molecule has 0 saturated carbocycles. The van der Waals surface area contributed by atoms with Gasteiger partial charge >= 0.3 is 0 Å². The van der Waals surface area contributed by atoms with Crippen molar-refractivity contribution in [1.29, 1.82) is 0 Å². The fourth-order valence-electron chi connectivity index (χ4n) is 3.28. The van der Waals surface area contributed by atoms with Gasteiger partial charge in [0.15, 0.2) is 5.96 Å². The molecule has 1 saturated heterocycles. The van der Waals surface area contributed by atoms with Crippen LogP contribution in [0.15, 0.2) is 41.9 Å². The molecule has 8 heteroatoms. The highest BCUT2D eigenvalue weighted by Gasteiger charge is 2.25. The molecule has 2 aromatic rings. The zero-order valence-corrected chi connectivity index (χ0v) is 16.6. The number of imidazole rings is 1. The Bertz CT molecular complexity index is 749. The van der Waals surface area contributed by atoms with Crippen molar-refractivity contribution in [2.75, 3.05) is 38.7 Å². The number of guanidine groups is 1. The summed E-state index contributed by atoms with van der Waals surface area (Å²) in [5.74, 6) is 1.69. The van der Waals surface area contributed by atoms with Gasteiger partial charge in [0.1, 0.15) is 5.75 Å². The summed E-state index contributed by atoms with van der Waals surface area (Å²) in [5.41, 5.74) is 1.04. The summed E-state index contributed by atoms with van der Waals surface area (Å²) >= 11 is 6.17.